The number of rotatable bonds is 0. The van der Waals surface area contributed by atoms with Crippen molar-refractivity contribution in [1.29, 1.82) is 0 Å². The van der Waals surface area contributed by atoms with Crippen molar-refractivity contribution in [3.63, 3.8) is 0 Å². The molecule has 2 heteroatoms. The van der Waals surface area contributed by atoms with E-state index in [-0.39, 0.29) is 0 Å². The van der Waals surface area contributed by atoms with Gasteiger partial charge in [0.1, 0.15) is 0 Å². The average molecular weight is 107 g/mol. The van der Waals surface area contributed by atoms with Crippen molar-refractivity contribution >= 4 is 0 Å². The highest BCUT2D eigenvalue weighted by Gasteiger charge is 2.06. The van der Waals surface area contributed by atoms with Crippen LogP contribution in [0.4, 0.5) is 0 Å². The number of piperidine rings is 1. The van der Waals surface area contributed by atoms with Crippen LogP contribution in [0.2, 0.25) is 0 Å². The molecule has 2 atom stereocenters. The lowest BCUT2D eigenvalue weighted by atomic mass is 10.1. The summed E-state index contributed by atoms with van der Waals surface area (Å²) in [4.78, 5) is 0. The molecule has 1 rings (SSSR count). The Morgan fingerprint density at radius 2 is 2.71 bits per heavy atom. The van der Waals surface area contributed by atoms with Crippen LogP contribution < -0.4 is 5.32 Å². The standard InChI is InChI=1S/C5H11NO/c7-5-1-3-6-4-2-5/h5-7H,1-4H2/i1D2,2D2,3D,5D. The van der Waals surface area contributed by atoms with Gasteiger partial charge in [-0.15, -0.1) is 0 Å². The van der Waals surface area contributed by atoms with Crippen molar-refractivity contribution in [2.75, 3.05) is 13.1 Å². The summed E-state index contributed by atoms with van der Waals surface area (Å²) in [5, 5.41) is 11.6. The largest absolute Gasteiger partial charge is 0.393 e. The third-order valence-electron chi connectivity index (χ3n) is 0.669. The summed E-state index contributed by atoms with van der Waals surface area (Å²) in [5.41, 5.74) is 0. The second kappa shape index (κ2) is 2.28. The van der Waals surface area contributed by atoms with E-state index in [1.165, 1.54) is 0 Å². The Bertz CT molecular complexity index is 217. The van der Waals surface area contributed by atoms with Crippen molar-refractivity contribution < 1.29 is 13.3 Å². The normalized spacial score (nSPS) is 81.0. The summed E-state index contributed by atoms with van der Waals surface area (Å²) in [6.45, 7) is -1.89. The van der Waals surface area contributed by atoms with E-state index in [4.69, 9.17) is 8.22 Å². The van der Waals surface area contributed by atoms with Gasteiger partial charge in [0.15, 0.2) is 0 Å². The summed E-state index contributed by atoms with van der Waals surface area (Å²) in [6, 6.07) is 0. The van der Waals surface area contributed by atoms with Crippen molar-refractivity contribution in [2.45, 2.75) is 18.8 Å². The van der Waals surface area contributed by atoms with Gasteiger partial charge in [0.25, 0.3) is 0 Å². The van der Waals surface area contributed by atoms with Crippen LogP contribution in [0.5, 0.6) is 0 Å². The lowest BCUT2D eigenvalue weighted by Crippen LogP contribution is -2.30. The SMILES string of the molecule is [2H]C1NCC([2H])([2H])C([2H])(O)C1([2H])[2H]. The molecule has 0 saturated carbocycles. The maximum absolute atomic E-state index is 9.36. The molecular weight excluding hydrogens is 90.1 g/mol. The van der Waals surface area contributed by atoms with Gasteiger partial charge in [0.2, 0.25) is 0 Å². The molecule has 0 spiro atoms. The zero-order valence-corrected chi connectivity index (χ0v) is 3.73. The molecule has 0 radical (unpaired) electrons. The second-order valence-electron chi connectivity index (χ2n) is 1.19. The van der Waals surface area contributed by atoms with E-state index in [1.807, 2.05) is 0 Å². The van der Waals surface area contributed by atoms with Crippen LogP contribution in [0.1, 0.15) is 21.0 Å². The van der Waals surface area contributed by atoms with Crippen LogP contribution in [0.25, 0.3) is 0 Å². The van der Waals surface area contributed by atoms with Crippen LogP contribution in [0, 0.1) is 0 Å². The molecule has 0 amide bonds. The molecule has 1 fully saturated rings. The Morgan fingerprint density at radius 1 is 1.86 bits per heavy atom. The Hall–Kier alpha value is -0.0800. The Labute approximate surface area is 52.0 Å². The van der Waals surface area contributed by atoms with E-state index in [0.717, 1.165) is 0 Å². The van der Waals surface area contributed by atoms with E-state index in [2.05, 4.69) is 5.32 Å². The van der Waals surface area contributed by atoms with Gasteiger partial charge < -0.3 is 10.4 Å². The molecule has 7 heavy (non-hydrogen) atoms. The minimum Gasteiger partial charge on any atom is -0.393 e. The predicted octanol–water partition coefficient (Wildman–Crippen LogP) is -0.269. The number of hydrogen-bond donors (Lipinski definition) is 2. The third kappa shape index (κ3) is 1.45. The zero-order chi connectivity index (χ0) is 10.5. The fraction of sp³-hybridized carbons (Fsp3) is 1.00. The maximum Gasteiger partial charge on any atom is 0.0601 e. The van der Waals surface area contributed by atoms with Gasteiger partial charge in [0, 0.05) is 6.85 Å². The van der Waals surface area contributed by atoms with Gasteiger partial charge in [-0.2, -0.15) is 0 Å². The van der Waals surface area contributed by atoms with Crippen molar-refractivity contribution in [1.82, 2.24) is 5.32 Å². The maximum atomic E-state index is 9.36. The molecule has 2 N–H and O–H groups in total. The van der Waals surface area contributed by atoms with E-state index < -0.39 is 31.9 Å². The van der Waals surface area contributed by atoms with E-state index >= 15 is 0 Å². The van der Waals surface area contributed by atoms with E-state index in [0.29, 0.717) is 0 Å². The van der Waals surface area contributed by atoms with Gasteiger partial charge >= 0.3 is 0 Å². The summed E-state index contributed by atoms with van der Waals surface area (Å²) >= 11 is 0. The first-order valence-electron chi connectivity index (χ1n) is 5.09. The fourth-order valence-electron chi connectivity index (χ4n) is 0.356. The lowest BCUT2D eigenvalue weighted by Gasteiger charge is -2.16. The van der Waals surface area contributed by atoms with E-state index in [9.17, 15) is 5.11 Å². The molecule has 2 unspecified atom stereocenters. The quantitative estimate of drug-likeness (QED) is 0.446. The Morgan fingerprint density at radius 3 is 3.43 bits per heavy atom. The molecule has 0 aromatic heterocycles. The predicted molar refractivity (Wildman–Crippen MR) is 28.1 cm³/mol. The van der Waals surface area contributed by atoms with Gasteiger partial charge in [-0.05, 0) is 25.8 Å². The molecule has 0 aliphatic carbocycles. The Balaban J connectivity index is 3.07. The van der Waals surface area contributed by atoms with Crippen LogP contribution in [-0.4, -0.2) is 24.3 Å². The number of nitrogens with one attached hydrogen (secondary N) is 1. The number of hydrogen-bond acceptors (Lipinski definition) is 2. The monoisotopic (exact) mass is 107 g/mol. The third-order valence-corrected chi connectivity index (χ3v) is 0.669. The van der Waals surface area contributed by atoms with Gasteiger partial charge in [-0.3, -0.25) is 0 Å². The van der Waals surface area contributed by atoms with Crippen LogP contribution >= 0.6 is 0 Å². The smallest absolute Gasteiger partial charge is 0.0601 e. The lowest BCUT2D eigenvalue weighted by molar-refractivity contribution is 0.137. The number of aliphatic hydroxyl groups is 1. The average Bonchev–Trinajstić information content (AvgIpc) is 1.97. The molecule has 42 valence electrons. The van der Waals surface area contributed by atoms with E-state index in [1.54, 1.807) is 0 Å². The van der Waals surface area contributed by atoms with Crippen LogP contribution in [-0.2, 0) is 0 Å². The summed E-state index contributed by atoms with van der Waals surface area (Å²) in [5.74, 6) is 0. The van der Waals surface area contributed by atoms with Crippen molar-refractivity contribution in [2.24, 2.45) is 0 Å². The van der Waals surface area contributed by atoms with Crippen LogP contribution in [0.15, 0.2) is 0 Å². The van der Waals surface area contributed by atoms with Crippen LogP contribution in [0.3, 0.4) is 0 Å². The molecule has 1 aliphatic rings. The van der Waals surface area contributed by atoms with Gasteiger partial charge in [0.05, 0.1) is 7.45 Å². The molecule has 0 aromatic carbocycles. The molecule has 0 aromatic rings. The molecule has 1 aliphatic heterocycles. The Kier molecular flexibility index (Phi) is 0.474. The highest BCUT2D eigenvalue weighted by atomic mass is 16.3. The molecule has 1 heterocycles. The topological polar surface area (TPSA) is 32.3 Å². The first-order valence-corrected chi connectivity index (χ1v) is 2.01. The molecule has 0 bridgehead atoms. The summed E-state index contributed by atoms with van der Waals surface area (Å²) in [6.07, 6.45) is -7.92. The summed E-state index contributed by atoms with van der Waals surface area (Å²) < 4.78 is 43.3. The highest BCUT2D eigenvalue weighted by molar-refractivity contribution is 4.65. The molecule has 1 saturated heterocycles. The fourth-order valence-corrected chi connectivity index (χ4v) is 0.356. The van der Waals surface area contributed by atoms with Gasteiger partial charge in [-0.25, -0.2) is 0 Å². The molecule has 2 nitrogen and oxygen atoms in total. The van der Waals surface area contributed by atoms with Crippen molar-refractivity contribution in [3.05, 3.63) is 0 Å². The zero-order valence-electron chi connectivity index (χ0n) is 9.73. The van der Waals surface area contributed by atoms with Crippen molar-refractivity contribution in [3.8, 4) is 0 Å². The minimum absolute atomic E-state index is 0.402. The molecular formula is C5H11NO. The first kappa shape index (κ1) is 1.45. The van der Waals surface area contributed by atoms with Gasteiger partial charge in [-0.1, -0.05) is 0 Å². The minimum atomic E-state index is -2.89. The second-order valence-corrected chi connectivity index (χ2v) is 1.19. The highest BCUT2D eigenvalue weighted by Crippen LogP contribution is 1.99. The summed E-state index contributed by atoms with van der Waals surface area (Å²) in [7, 11) is 0. The first-order chi connectivity index (χ1) is 5.63.